The molecule has 25 heavy (non-hydrogen) atoms. The maximum absolute atomic E-state index is 12.4. The maximum atomic E-state index is 12.4. The second-order valence-electron chi connectivity index (χ2n) is 5.95. The summed E-state index contributed by atoms with van der Waals surface area (Å²) in [6.07, 6.45) is 0. The van der Waals surface area contributed by atoms with E-state index in [0.717, 1.165) is 33.7 Å². The molecule has 2 aromatic rings. The first-order valence-corrected chi connectivity index (χ1v) is 8.80. The summed E-state index contributed by atoms with van der Waals surface area (Å²) in [5, 5.41) is 3.48. The molecule has 1 aliphatic rings. The number of aliphatic imine (C=N–C) groups is 1. The summed E-state index contributed by atoms with van der Waals surface area (Å²) in [5.74, 6) is 0.685. The smallest absolute Gasteiger partial charge is 0.264 e. The van der Waals surface area contributed by atoms with Crippen LogP contribution in [0.5, 0.6) is 5.75 Å². The molecule has 1 N–H and O–H groups in total. The van der Waals surface area contributed by atoms with E-state index >= 15 is 0 Å². The van der Waals surface area contributed by atoms with Crippen LogP contribution in [0.1, 0.15) is 23.6 Å². The Hall–Kier alpha value is -2.53. The van der Waals surface area contributed by atoms with Crippen molar-refractivity contribution in [1.29, 1.82) is 0 Å². The summed E-state index contributed by atoms with van der Waals surface area (Å²) in [6, 6.07) is 13.8. The molecule has 0 bridgehead atoms. The number of rotatable bonds is 3. The quantitative estimate of drug-likeness (QED) is 0.822. The SMILES string of the molecule is COc1ccc(/C(C)=C2\SC(=Nc3cc(C)ccc3C)NC2=O)cc1. The molecule has 3 rings (SSSR count). The van der Waals surface area contributed by atoms with Gasteiger partial charge in [0.15, 0.2) is 5.17 Å². The summed E-state index contributed by atoms with van der Waals surface area (Å²) in [4.78, 5) is 17.7. The van der Waals surface area contributed by atoms with Crippen LogP contribution in [0.3, 0.4) is 0 Å². The number of thioether (sulfide) groups is 1. The molecule has 1 heterocycles. The third kappa shape index (κ3) is 3.77. The van der Waals surface area contributed by atoms with Crippen LogP contribution >= 0.6 is 11.8 Å². The van der Waals surface area contributed by atoms with E-state index in [1.165, 1.54) is 11.8 Å². The third-order valence-electron chi connectivity index (χ3n) is 4.08. The monoisotopic (exact) mass is 352 g/mol. The highest BCUT2D eigenvalue weighted by Crippen LogP contribution is 2.33. The van der Waals surface area contributed by atoms with Crippen LogP contribution < -0.4 is 10.1 Å². The molecule has 0 aromatic heterocycles. The van der Waals surface area contributed by atoms with Gasteiger partial charge in [0.2, 0.25) is 0 Å². The molecule has 1 fully saturated rings. The number of hydrogen-bond donors (Lipinski definition) is 1. The molecular weight excluding hydrogens is 332 g/mol. The lowest BCUT2D eigenvalue weighted by Gasteiger charge is -2.05. The number of carbonyl (C=O) groups is 1. The number of ether oxygens (including phenoxy) is 1. The predicted molar refractivity (Wildman–Crippen MR) is 104 cm³/mol. The van der Waals surface area contributed by atoms with Crippen molar-refractivity contribution in [2.24, 2.45) is 4.99 Å². The van der Waals surface area contributed by atoms with Crippen LogP contribution in [0.25, 0.3) is 5.57 Å². The number of nitrogens with zero attached hydrogens (tertiary/aromatic N) is 1. The highest BCUT2D eigenvalue weighted by Gasteiger charge is 2.26. The zero-order valence-corrected chi connectivity index (χ0v) is 15.5. The number of nitrogens with one attached hydrogen (secondary N) is 1. The number of allylic oxidation sites excluding steroid dienone is 1. The fourth-order valence-electron chi connectivity index (χ4n) is 2.54. The van der Waals surface area contributed by atoms with Gasteiger partial charge in [-0.15, -0.1) is 0 Å². The Kier molecular flexibility index (Phi) is 4.95. The second-order valence-corrected chi connectivity index (χ2v) is 6.94. The van der Waals surface area contributed by atoms with Gasteiger partial charge in [0.1, 0.15) is 5.75 Å². The van der Waals surface area contributed by atoms with Crippen molar-refractivity contribution in [1.82, 2.24) is 5.32 Å². The normalized spacial score (nSPS) is 17.6. The van der Waals surface area contributed by atoms with E-state index in [2.05, 4.69) is 16.4 Å². The van der Waals surface area contributed by atoms with E-state index in [-0.39, 0.29) is 5.91 Å². The van der Waals surface area contributed by atoms with Crippen LogP contribution in [0.15, 0.2) is 52.4 Å². The van der Waals surface area contributed by atoms with Gasteiger partial charge in [-0.3, -0.25) is 4.79 Å². The minimum absolute atomic E-state index is 0.109. The summed E-state index contributed by atoms with van der Waals surface area (Å²) in [5.41, 5.74) is 5.02. The molecule has 0 unspecified atom stereocenters. The lowest BCUT2D eigenvalue weighted by atomic mass is 10.1. The van der Waals surface area contributed by atoms with Gasteiger partial charge < -0.3 is 10.1 Å². The maximum Gasteiger partial charge on any atom is 0.264 e. The van der Waals surface area contributed by atoms with E-state index < -0.39 is 0 Å². The standard InChI is InChI=1S/C20H20N2O2S/c1-12-5-6-13(2)17(11-12)21-20-22-19(23)18(25-20)14(3)15-7-9-16(24-4)10-8-15/h5-11H,1-4H3,(H,21,22,23)/b18-14-. The summed E-state index contributed by atoms with van der Waals surface area (Å²) in [7, 11) is 1.64. The highest BCUT2D eigenvalue weighted by molar-refractivity contribution is 8.18. The van der Waals surface area contributed by atoms with Gasteiger partial charge in [-0.2, -0.15) is 0 Å². The van der Waals surface area contributed by atoms with Crippen molar-refractivity contribution in [2.75, 3.05) is 7.11 Å². The number of aryl methyl sites for hydroxylation is 2. The number of carbonyl (C=O) groups excluding carboxylic acids is 1. The lowest BCUT2D eigenvalue weighted by molar-refractivity contribution is -0.115. The molecular formula is C20H20N2O2S. The summed E-state index contributed by atoms with van der Waals surface area (Å²) >= 11 is 1.38. The molecule has 5 heteroatoms. The van der Waals surface area contributed by atoms with Crippen molar-refractivity contribution in [3.8, 4) is 5.75 Å². The van der Waals surface area contributed by atoms with Crippen molar-refractivity contribution in [3.63, 3.8) is 0 Å². The van der Waals surface area contributed by atoms with E-state index in [4.69, 9.17) is 4.74 Å². The molecule has 0 atom stereocenters. The molecule has 1 aliphatic heterocycles. The molecule has 1 saturated heterocycles. The lowest BCUT2D eigenvalue weighted by Crippen LogP contribution is -2.19. The fraction of sp³-hybridized carbons (Fsp3) is 0.200. The first-order valence-electron chi connectivity index (χ1n) is 7.98. The predicted octanol–water partition coefficient (Wildman–Crippen LogP) is 4.59. The van der Waals surface area contributed by atoms with Crippen LogP contribution in [0, 0.1) is 13.8 Å². The van der Waals surface area contributed by atoms with Crippen LogP contribution in [0.4, 0.5) is 5.69 Å². The van der Waals surface area contributed by atoms with Gasteiger partial charge in [0, 0.05) is 0 Å². The van der Waals surface area contributed by atoms with Gasteiger partial charge in [0.05, 0.1) is 17.7 Å². The molecule has 4 nitrogen and oxygen atoms in total. The molecule has 2 aromatic carbocycles. The molecule has 1 amide bonds. The molecule has 0 radical (unpaired) electrons. The number of amidine groups is 1. The Morgan fingerprint density at radius 2 is 1.84 bits per heavy atom. The number of amides is 1. The molecule has 0 saturated carbocycles. The van der Waals surface area contributed by atoms with Gasteiger partial charge in [-0.1, -0.05) is 24.3 Å². The van der Waals surface area contributed by atoms with E-state index in [1.54, 1.807) is 7.11 Å². The summed E-state index contributed by atoms with van der Waals surface area (Å²) in [6.45, 7) is 5.99. The Morgan fingerprint density at radius 3 is 2.52 bits per heavy atom. The van der Waals surface area contributed by atoms with Crippen molar-refractivity contribution >= 4 is 34.1 Å². The minimum Gasteiger partial charge on any atom is -0.497 e. The van der Waals surface area contributed by atoms with Gasteiger partial charge in [0.25, 0.3) is 5.91 Å². The van der Waals surface area contributed by atoms with E-state index in [0.29, 0.717) is 10.1 Å². The van der Waals surface area contributed by atoms with E-state index in [1.807, 2.05) is 57.2 Å². The van der Waals surface area contributed by atoms with Crippen molar-refractivity contribution < 1.29 is 9.53 Å². The number of benzene rings is 2. The minimum atomic E-state index is -0.109. The molecule has 0 spiro atoms. The Balaban J connectivity index is 1.90. The zero-order valence-electron chi connectivity index (χ0n) is 14.7. The number of methoxy groups -OCH3 is 1. The average Bonchev–Trinajstić information content (AvgIpc) is 2.98. The van der Waals surface area contributed by atoms with Crippen molar-refractivity contribution in [3.05, 3.63) is 64.1 Å². The zero-order chi connectivity index (χ0) is 18.0. The number of hydrogen-bond acceptors (Lipinski definition) is 4. The average molecular weight is 352 g/mol. The Labute approximate surface area is 152 Å². The largest absolute Gasteiger partial charge is 0.497 e. The van der Waals surface area contributed by atoms with Crippen LogP contribution in [-0.2, 0) is 4.79 Å². The second kappa shape index (κ2) is 7.15. The first kappa shape index (κ1) is 17.3. The first-order chi connectivity index (χ1) is 12.0. The van der Waals surface area contributed by atoms with Crippen LogP contribution in [0.2, 0.25) is 0 Å². The van der Waals surface area contributed by atoms with Crippen molar-refractivity contribution in [2.45, 2.75) is 20.8 Å². The summed E-state index contributed by atoms with van der Waals surface area (Å²) < 4.78 is 5.18. The Bertz CT molecular complexity index is 883. The molecule has 0 aliphatic carbocycles. The van der Waals surface area contributed by atoms with Crippen LogP contribution in [-0.4, -0.2) is 18.2 Å². The van der Waals surface area contributed by atoms with Gasteiger partial charge >= 0.3 is 0 Å². The van der Waals surface area contributed by atoms with E-state index in [9.17, 15) is 4.79 Å². The fourth-order valence-corrected chi connectivity index (χ4v) is 3.44. The van der Waals surface area contributed by atoms with Gasteiger partial charge in [-0.25, -0.2) is 4.99 Å². The topological polar surface area (TPSA) is 50.7 Å². The molecule has 128 valence electrons. The third-order valence-corrected chi connectivity index (χ3v) is 5.16. The van der Waals surface area contributed by atoms with Gasteiger partial charge in [-0.05, 0) is 73.0 Å². The highest BCUT2D eigenvalue weighted by atomic mass is 32.2. The Morgan fingerprint density at radius 1 is 1.12 bits per heavy atom.